The van der Waals surface area contributed by atoms with Crippen LogP contribution in [0.4, 0.5) is 0 Å². The molecular weight excluding hydrogens is 220 g/mol. The minimum Gasteiger partial charge on any atom is -0.310 e. The van der Waals surface area contributed by atoms with Gasteiger partial charge in [-0.2, -0.15) is 0 Å². The van der Waals surface area contributed by atoms with Gasteiger partial charge in [0.2, 0.25) is 0 Å². The first kappa shape index (κ1) is 12.2. The summed E-state index contributed by atoms with van der Waals surface area (Å²) in [6.45, 7) is 5.83. The largest absolute Gasteiger partial charge is 0.310 e. The van der Waals surface area contributed by atoms with Crippen molar-refractivity contribution in [2.75, 3.05) is 13.1 Å². The zero-order valence-electron chi connectivity index (χ0n) is 11.4. The Balaban J connectivity index is 1.45. The molecule has 0 radical (unpaired) electrons. The molecule has 0 amide bonds. The summed E-state index contributed by atoms with van der Waals surface area (Å²) in [7, 11) is 0. The standard InChI is InChI=1S/C16H24N2/c1-13-4-2-3-5-14(13)12-17-15-8-10-18(11-9-15)16-6-7-16/h2-5,15-17H,6-12H2,1H3. The second kappa shape index (κ2) is 5.41. The molecule has 1 aliphatic heterocycles. The van der Waals surface area contributed by atoms with E-state index in [0.29, 0.717) is 0 Å². The molecule has 0 unspecified atom stereocenters. The molecule has 3 rings (SSSR count). The van der Waals surface area contributed by atoms with Gasteiger partial charge in [-0.1, -0.05) is 24.3 Å². The van der Waals surface area contributed by atoms with E-state index in [4.69, 9.17) is 0 Å². The lowest BCUT2D eigenvalue weighted by molar-refractivity contribution is 0.189. The van der Waals surface area contributed by atoms with Crippen molar-refractivity contribution >= 4 is 0 Å². The second-order valence-corrected chi connectivity index (χ2v) is 5.85. The van der Waals surface area contributed by atoms with Gasteiger partial charge in [0.05, 0.1) is 0 Å². The Kier molecular flexibility index (Phi) is 3.67. The zero-order valence-corrected chi connectivity index (χ0v) is 11.4. The molecule has 2 nitrogen and oxygen atoms in total. The van der Waals surface area contributed by atoms with Crippen molar-refractivity contribution in [3.05, 3.63) is 35.4 Å². The van der Waals surface area contributed by atoms with Crippen molar-refractivity contribution in [3.63, 3.8) is 0 Å². The van der Waals surface area contributed by atoms with E-state index in [2.05, 4.69) is 41.4 Å². The second-order valence-electron chi connectivity index (χ2n) is 5.85. The lowest BCUT2D eigenvalue weighted by Crippen LogP contribution is -2.43. The van der Waals surface area contributed by atoms with Gasteiger partial charge < -0.3 is 10.2 Å². The number of benzene rings is 1. The van der Waals surface area contributed by atoms with Crippen LogP contribution < -0.4 is 5.32 Å². The number of aryl methyl sites for hydroxylation is 1. The molecule has 0 bridgehead atoms. The third-order valence-electron chi connectivity index (χ3n) is 4.44. The minimum absolute atomic E-state index is 0.722. The maximum Gasteiger partial charge on any atom is 0.0210 e. The molecule has 0 aromatic heterocycles. The maximum absolute atomic E-state index is 3.73. The van der Waals surface area contributed by atoms with Crippen molar-refractivity contribution in [2.24, 2.45) is 0 Å². The van der Waals surface area contributed by atoms with Crippen LogP contribution in [0.3, 0.4) is 0 Å². The Morgan fingerprint density at radius 3 is 2.50 bits per heavy atom. The van der Waals surface area contributed by atoms with E-state index in [9.17, 15) is 0 Å². The topological polar surface area (TPSA) is 15.3 Å². The van der Waals surface area contributed by atoms with Gasteiger partial charge in [0.1, 0.15) is 0 Å². The van der Waals surface area contributed by atoms with E-state index in [1.165, 1.54) is 49.9 Å². The molecule has 1 aliphatic carbocycles. The maximum atomic E-state index is 3.73. The van der Waals surface area contributed by atoms with Gasteiger partial charge in [-0.05, 0) is 56.8 Å². The fourth-order valence-corrected chi connectivity index (χ4v) is 2.97. The summed E-state index contributed by atoms with van der Waals surface area (Å²) in [5.74, 6) is 0. The Morgan fingerprint density at radius 1 is 1.11 bits per heavy atom. The Labute approximate surface area is 110 Å². The minimum atomic E-state index is 0.722. The van der Waals surface area contributed by atoms with E-state index in [-0.39, 0.29) is 0 Å². The zero-order chi connectivity index (χ0) is 12.4. The van der Waals surface area contributed by atoms with Gasteiger partial charge in [-0.3, -0.25) is 0 Å². The lowest BCUT2D eigenvalue weighted by atomic mass is 10.0. The van der Waals surface area contributed by atoms with Gasteiger partial charge in [-0.15, -0.1) is 0 Å². The highest BCUT2D eigenvalue weighted by molar-refractivity contribution is 5.25. The molecule has 18 heavy (non-hydrogen) atoms. The van der Waals surface area contributed by atoms with Crippen LogP contribution >= 0.6 is 0 Å². The third kappa shape index (κ3) is 2.93. The molecule has 0 atom stereocenters. The number of rotatable bonds is 4. The average Bonchev–Trinajstić information content (AvgIpc) is 3.23. The first-order valence-electron chi connectivity index (χ1n) is 7.35. The van der Waals surface area contributed by atoms with Gasteiger partial charge in [0.25, 0.3) is 0 Å². The molecular formula is C16H24N2. The summed E-state index contributed by atoms with van der Waals surface area (Å²) in [4.78, 5) is 2.69. The molecule has 1 N–H and O–H groups in total. The molecule has 2 fully saturated rings. The molecule has 1 aromatic carbocycles. The summed E-state index contributed by atoms with van der Waals surface area (Å²) in [6, 6.07) is 10.4. The van der Waals surface area contributed by atoms with Gasteiger partial charge in [0.15, 0.2) is 0 Å². The number of likely N-dealkylation sites (tertiary alicyclic amines) is 1. The number of nitrogens with zero attached hydrogens (tertiary/aromatic N) is 1. The molecule has 1 saturated heterocycles. The molecule has 1 heterocycles. The molecule has 2 heteroatoms. The monoisotopic (exact) mass is 244 g/mol. The van der Waals surface area contributed by atoms with Gasteiger partial charge >= 0.3 is 0 Å². The summed E-state index contributed by atoms with van der Waals surface area (Å²) < 4.78 is 0. The first-order valence-corrected chi connectivity index (χ1v) is 7.35. The van der Waals surface area contributed by atoms with Crippen molar-refractivity contribution in [3.8, 4) is 0 Å². The summed E-state index contributed by atoms with van der Waals surface area (Å²) in [5, 5.41) is 3.73. The lowest BCUT2D eigenvalue weighted by Gasteiger charge is -2.32. The summed E-state index contributed by atoms with van der Waals surface area (Å²) in [6.07, 6.45) is 5.54. The van der Waals surface area contributed by atoms with Crippen molar-refractivity contribution in [1.29, 1.82) is 0 Å². The third-order valence-corrected chi connectivity index (χ3v) is 4.44. The van der Waals surface area contributed by atoms with E-state index in [0.717, 1.165) is 18.6 Å². The van der Waals surface area contributed by atoms with Crippen molar-refractivity contribution in [2.45, 2.75) is 51.2 Å². The number of hydrogen-bond acceptors (Lipinski definition) is 2. The van der Waals surface area contributed by atoms with Crippen LogP contribution in [0.25, 0.3) is 0 Å². The average molecular weight is 244 g/mol. The van der Waals surface area contributed by atoms with Crippen LogP contribution in [0.2, 0.25) is 0 Å². The molecule has 0 spiro atoms. The predicted octanol–water partition coefficient (Wildman–Crippen LogP) is 2.71. The van der Waals surface area contributed by atoms with Crippen molar-refractivity contribution < 1.29 is 0 Å². The fourth-order valence-electron chi connectivity index (χ4n) is 2.97. The molecule has 98 valence electrons. The predicted molar refractivity (Wildman–Crippen MR) is 75.6 cm³/mol. The number of hydrogen-bond donors (Lipinski definition) is 1. The Hall–Kier alpha value is -0.860. The van der Waals surface area contributed by atoms with Crippen LogP contribution in [0.5, 0.6) is 0 Å². The Bertz CT molecular complexity index is 390. The van der Waals surface area contributed by atoms with Crippen LogP contribution in [0.15, 0.2) is 24.3 Å². The van der Waals surface area contributed by atoms with E-state index >= 15 is 0 Å². The van der Waals surface area contributed by atoms with Crippen molar-refractivity contribution in [1.82, 2.24) is 10.2 Å². The highest BCUT2D eigenvalue weighted by atomic mass is 15.2. The first-order chi connectivity index (χ1) is 8.83. The quantitative estimate of drug-likeness (QED) is 0.876. The smallest absolute Gasteiger partial charge is 0.0210 e. The molecule has 1 saturated carbocycles. The van der Waals surface area contributed by atoms with Crippen LogP contribution in [0.1, 0.15) is 36.8 Å². The van der Waals surface area contributed by atoms with Gasteiger partial charge in [0, 0.05) is 18.6 Å². The fraction of sp³-hybridized carbons (Fsp3) is 0.625. The van der Waals surface area contributed by atoms with Crippen LogP contribution in [-0.2, 0) is 6.54 Å². The van der Waals surface area contributed by atoms with Gasteiger partial charge in [-0.25, -0.2) is 0 Å². The van der Waals surface area contributed by atoms with E-state index in [1.54, 1.807) is 0 Å². The van der Waals surface area contributed by atoms with E-state index in [1.807, 2.05) is 0 Å². The van der Waals surface area contributed by atoms with E-state index < -0.39 is 0 Å². The SMILES string of the molecule is Cc1ccccc1CNC1CCN(C2CC2)CC1. The summed E-state index contributed by atoms with van der Waals surface area (Å²) in [5.41, 5.74) is 2.85. The summed E-state index contributed by atoms with van der Waals surface area (Å²) >= 11 is 0. The normalized spacial score (nSPS) is 22.3. The number of nitrogens with one attached hydrogen (secondary N) is 1. The number of piperidine rings is 1. The van der Waals surface area contributed by atoms with Crippen LogP contribution in [0, 0.1) is 6.92 Å². The Morgan fingerprint density at radius 2 is 1.83 bits per heavy atom. The highest BCUT2D eigenvalue weighted by Gasteiger charge is 2.31. The highest BCUT2D eigenvalue weighted by Crippen LogP contribution is 2.29. The van der Waals surface area contributed by atoms with Crippen LogP contribution in [-0.4, -0.2) is 30.1 Å². The molecule has 2 aliphatic rings. The molecule has 1 aromatic rings.